The zero-order valence-corrected chi connectivity index (χ0v) is 19.2. The number of amides is 2. The van der Waals surface area contributed by atoms with Crippen molar-refractivity contribution in [3.63, 3.8) is 0 Å². The van der Waals surface area contributed by atoms with Crippen LogP contribution in [0.15, 0.2) is 41.0 Å². The fourth-order valence-electron chi connectivity index (χ4n) is 5.17. The monoisotopic (exact) mass is 451 g/mol. The van der Waals surface area contributed by atoms with E-state index >= 15 is 0 Å². The quantitative estimate of drug-likeness (QED) is 0.631. The lowest BCUT2D eigenvalue weighted by Crippen LogP contribution is -2.65. The molecule has 0 spiro atoms. The first-order chi connectivity index (χ1) is 16.0. The molecule has 1 unspecified atom stereocenters. The molecule has 0 radical (unpaired) electrons. The molecule has 8 nitrogen and oxygen atoms in total. The number of ether oxygens (including phenoxy) is 2. The van der Waals surface area contributed by atoms with E-state index in [2.05, 4.69) is 5.32 Å². The number of nitrogens with zero attached hydrogens (tertiary/aromatic N) is 2. The number of fused-ring (bicyclic) bond motifs is 3. The van der Waals surface area contributed by atoms with Crippen molar-refractivity contribution in [3.05, 3.63) is 42.3 Å². The summed E-state index contributed by atoms with van der Waals surface area (Å²) in [7, 11) is 3.11. The predicted molar refractivity (Wildman–Crippen MR) is 124 cm³/mol. The molecule has 33 heavy (non-hydrogen) atoms. The summed E-state index contributed by atoms with van der Waals surface area (Å²) < 4.78 is 18.3. The van der Waals surface area contributed by atoms with Gasteiger partial charge in [0.05, 0.1) is 32.5 Å². The fourth-order valence-corrected chi connectivity index (χ4v) is 5.17. The van der Waals surface area contributed by atoms with Crippen molar-refractivity contribution in [2.45, 2.75) is 57.2 Å². The SMILES string of the molecule is COc1ccc(N2C(=O)c3cc4occc4n3CC2(C)C(=O)NC2CCCCC2)cc1OC. The van der Waals surface area contributed by atoms with Gasteiger partial charge in [-0.05, 0) is 31.9 Å². The lowest BCUT2D eigenvalue weighted by Gasteiger charge is -2.44. The van der Waals surface area contributed by atoms with Gasteiger partial charge in [0.25, 0.3) is 5.91 Å². The van der Waals surface area contributed by atoms with Gasteiger partial charge in [0, 0.05) is 29.9 Å². The molecule has 3 heterocycles. The Labute approximate surface area is 192 Å². The van der Waals surface area contributed by atoms with Crippen molar-refractivity contribution in [2.24, 2.45) is 0 Å². The maximum atomic E-state index is 13.9. The van der Waals surface area contributed by atoms with Gasteiger partial charge in [0.1, 0.15) is 11.2 Å². The van der Waals surface area contributed by atoms with E-state index in [1.807, 2.05) is 17.6 Å². The molecule has 1 N–H and O–H groups in total. The number of carbonyl (C=O) groups excluding carboxylic acids is 2. The minimum absolute atomic E-state index is 0.130. The Hall–Kier alpha value is -3.42. The molecule has 3 aromatic rings. The summed E-state index contributed by atoms with van der Waals surface area (Å²) in [4.78, 5) is 29.3. The normalized spacial score (nSPS) is 21.2. The second kappa shape index (κ2) is 8.17. The van der Waals surface area contributed by atoms with Crippen LogP contribution in [-0.2, 0) is 11.3 Å². The Morgan fingerprint density at radius 1 is 1.09 bits per heavy atom. The third kappa shape index (κ3) is 3.44. The maximum absolute atomic E-state index is 13.9. The van der Waals surface area contributed by atoms with E-state index in [0.717, 1.165) is 31.2 Å². The summed E-state index contributed by atoms with van der Waals surface area (Å²) in [6.07, 6.45) is 6.95. The van der Waals surface area contributed by atoms with Crippen LogP contribution in [0, 0.1) is 0 Å². The highest BCUT2D eigenvalue weighted by atomic mass is 16.5. The maximum Gasteiger partial charge on any atom is 0.276 e. The lowest BCUT2D eigenvalue weighted by atomic mass is 9.91. The Bertz CT molecular complexity index is 1210. The Morgan fingerprint density at radius 3 is 2.58 bits per heavy atom. The smallest absolute Gasteiger partial charge is 0.276 e. The van der Waals surface area contributed by atoms with Crippen LogP contribution in [0.4, 0.5) is 5.69 Å². The number of benzene rings is 1. The molecule has 1 saturated carbocycles. The number of rotatable bonds is 5. The van der Waals surface area contributed by atoms with Gasteiger partial charge >= 0.3 is 0 Å². The summed E-state index contributed by atoms with van der Waals surface area (Å²) >= 11 is 0. The van der Waals surface area contributed by atoms with E-state index < -0.39 is 5.54 Å². The molecule has 1 aromatic carbocycles. The number of aromatic nitrogens is 1. The Morgan fingerprint density at radius 2 is 1.85 bits per heavy atom. The van der Waals surface area contributed by atoms with Crippen LogP contribution in [0.25, 0.3) is 11.1 Å². The molecule has 2 aromatic heterocycles. The zero-order chi connectivity index (χ0) is 23.2. The number of hydrogen-bond donors (Lipinski definition) is 1. The summed E-state index contributed by atoms with van der Waals surface area (Å²) in [5.74, 6) is 0.627. The molecule has 1 aliphatic heterocycles. The number of hydrogen-bond acceptors (Lipinski definition) is 5. The van der Waals surface area contributed by atoms with Crippen LogP contribution in [0.1, 0.15) is 49.5 Å². The minimum Gasteiger partial charge on any atom is -0.493 e. The number of methoxy groups -OCH3 is 2. The van der Waals surface area contributed by atoms with Gasteiger partial charge in [0.2, 0.25) is 5.91 Å². The molecule has 2 aliphatic rings. The van der Waals surface area contributed by atoms with Crippen LogP contribution in [0.5, 0.6) is 11.5 Å². The van der Waals surface area contributed by atoms with Gasteiger partial charge < -0.3 is 23.8 Å². The van der Waals surface area contributed by atoms with Crippen molar-refractivity contribution < 1.29 is 23.5 Å². The first-order valence-corrected chi connectivity index (χ1v) is 11.4. The zero-order valence-electron chi connectivity index (χ0n) is 19.2. The van der Waals surface area contributed by atoms with Gasteiger partial charge in [0.15, 0.2) is 17.1 Å². The minimum atomic E-state index is -1.15. The molecule has 0 saturated heterocycles. The topological polar surface area (TPSA) is 85.9 Å². The number of anilines is 1. The molecule has 0 bridgehead atoms. The Kier molecular flexibility index (Phi) is 5.31. The summed E-state index contributed by atoms with van der Waals surface area (Å²) in [5.41, 5.74) is 1.35. The van der Waals surface area contributed by atoms with E-state index in [1.165, 1.54) is 6.42 Å². The van der Waals surface area contributed by atoms with Gasteiger partial charge in [-0.2, -0.15) is 0 Å². The van der Waals surface area contributed by atoms with Crippen LogP contribution in [0.3, 0.4) is 0 Å². The van der Waals surface area contributed by atoms with Crippen molar-refractivity contribution >= 4 is 28.6 Å². The van der Waals surface area contributed by atoms with E-state index in [9.17, 15) is 9.59 Å². The average Bonchev–Trinajstić information content (AvgIpc) is 3.42. The van der Waals surface area contributed by atoms with E-state index in [0.29, 0.717) is 35.0 Å². The van der Waals surface area contributed by atoms with E-state index in [1.54, 1.807) is 49.6 Å². The molecule has 5 rings (SSSR count). The highest BCUT2D eigenvalue weighted by Crippen LogP contribution is 2.39. The second-order valence-corrected chi connectivity index (χ2v) is 9.05. The van der Waals surface area contributed by atoms with Crippen LogP contribution in [-0.4, -0.2) is 42.2 Å². The Balaban J connectivity index is 1.61. The first kappa shape index (κ1) is 21.4. The van der Waals surface area contributed by atoms with Gasteiger partial charge in [-0.3, -0.25) is 14.5 Å². The summed E-state index contributed by atoms with van der Waals surface area (Å²) in [6, 6.07) is 8.98. The fraction of sp³-hybridized carbons (Fsp3) is 0.440. The second-order valence-electron chi connectivity index (χ2n) is 9.05. The lowest BCUT2D eigenvalue weighted by molar-refractivity contribution is -0.127. The number of nitrogens with one attached hydrogen (secondary N) is 1. The molecule has 2 amide bonds. The largest absolute Gasteiger partial charge is 0.493 e. The molecular weight excluding hydrogens is 422 g/mol. The van der Waals surface area contributed by atoms with Crippen molar-refractivity contribution in [1.82, 2.24) is 9.88 Å². The number of furan rings is 1. The van der Waals surface area contributed by atoms with E-state index in [4.69, 9.17) is 13.9 Å². The van der Waals surface area contributed by atoms with Crippen molar-refractivity contribution in [2.75, 3.05) is 19.1 Å². The van der Waals surface area contributed by atoms with Gasteiger partial charge in [-0.1, -0.05) is 19.3 Å². The van der Waals surface area contributed by atoms with Gasteiger partial charge in [-0.15, -0.1) is 0 Å². The predicted octanol–water partition coefficient (Wildman–Crippen LogP) is 4.12. The molecule has 8 heteroatoms. The van der Waals surface area contributed by atoms with Crippen molar-refractivity contribution in [3.8, 4) is 11.5 Å². The third-order valence-corrected chi connectivity index (χ3v) is 6.96. The molecule has 1 fully saturated rings. The highest BCUT2D eigenvalue weighted by Gasteiger charge is 2.49. The van der Waals surface area contributed by atoms with Crippen molar-refractivity contribution in [1.29, 1.82) is 0 Å². The summed E-state index contributed by atoms with van der Waals surface area (Å²) in [6.45, 7) is 2.14. The standard InChI is InChI=1S/C25H29N3O5/c1-25(24(30)26-16-7-5-4-6-8-16)15-27-18-11-12-33-21(18)14-19(27)23(29)28(25)17-9-10-20(31-2)22(13-17)32-3/h9-14,16H,4-8,15H2,1-3H3,(H,26,30). The first-order valence-electron chi connectivity index (χ1n) is 11.4. The van der Waals surface area contributed by atoms with Crippen LogP contribution in [0.2, 0.25) is 0 Å². The highest BCUT2D eigenvalue weighted by molar-refractivity contribution is 6.13. The van der Waals surface area contributed by atoms with Crippen LogP contribution >= 0.6 is 0 Å². The molecule has 174 valence electrons. The van der Waals surface area contributed by atoms with Gasteiger partial charge in [-0.25, -0.2) is 0 Å². The summed E-state index contributed by atoms with van der Waals surface area (Å²) in [5, 5.41) is 3.24. The third-order valence-electron chi connectivity index (χ3n) is 6.96. The molecular formula is C25H29N3O5. The van der Waals surface area contributed by atoms with E-state index in [-0.39, 0.29) is 17.9 Å². The number of carbonyl (C=O) groups is 2. The molecule has 1 aliphatic carbocycles. The van der Waals surface area contributed by atoms with Crippen LogP contribution < -0.4 is 19.7 Å². The average molecular weight is 452 g/mol. The molecule has 1 atom stereocenters.